The van der Waals surface area contributed by atoms with Crippen LogP contribution in [0.3, 0.4) is 0 Å². The van der Waals surface area contributed by atoms with E-state index < -0.39 is 0 Å². The number of fused-ring (bicyclic) bond motifs is 1. The van der Waals surface area contributed by atoms with Crippen LogP contribution in [0, 0.1) is 6.92 Å². The summed E-state index contributed by atoms with van der Waals surface area (Å²) in [7, 11) is 0. The first-order valence-electron chi connectivity index (χ1n) is 5.69. The number of aryl methyl sites for hydroxylation is 1. The van der Waals surface area contributed by atoms with E-state index in [0.717, 1.165) is 28.2 Å². The van der Waals surface area contributed by atoms with E-state index in [4.69, 9.17) is 16.6 Å². The lowest BCUT2D eigenvalue weighted by Gasteiger charge is -2.11. The lowest BCUT2D eigenvalue weighted by Crippen LogP contribution is -2.10. The van der Waals surface area contributed by atoms with E-state index in [-0.39, 0.29) is 5.41 Å². The summed E-state index contributed by atoms with van der Waals surface area (Å²) in [5.41, 5.74) is 3.50. The predicted octanol–water partition coefficient (Wildman–Crippen LogP) is 4.06. The van der Waals surface area contributed by atoms with Crippen LogP contribution in [0.25, 0.3) is 11.1 Å². The molecule has 0 unspecified atom stereocenters. The van der Waals surface area contributed by atoms with Gasteiger partial charge in [-0.3, -0.25) is 0 Å². The third-order valence-electron chi connectivity index (χ3n) is 2.62. The summed E-state index contributed by atoms with van der Waals surface area (Å²) >= 11 is 9.01. The Bertz CT molecular complexity index is 611. The van der Waals surface area contributed by atoms with Crippen LogP contribution in [-0.2, 0) is 5.41 Å². The molecule has 0 bridgehead atoms. The molecule has 1 aromatic carbocycles. The number of anilines is 1. The van der Waals surface area contributed by atoms with E-state index in [9.17, 15) is 0 Å². The minimum atomic E-state index is -0.0979. The van der Waals surface area contributed by atoms with E-state index in [2.05, 4.69) is 43.7 Å². The van der Waals surface area contributed by atoms with Crippen LogP contribution in [0.2, 0.25) is 0 Å². The van der Waals surface area contributed by atoms with Crippen molar-refractivity contribution in [3.05, 3.63) is 23.6 Å². The van der Waals surface area contributed by atoms with E-state index >= 15 is 0 Å². The van der Waals surface area contributed by atoms with Crippen molar-refractivity contribution < 1.29 is 4.42 Å². The highest BCUT2D eigenvalue weighted by Gasteiger charge is 2.21. The molecule has 0 fully saturated rings. The topological polar surface area (TPSA) is 38.1 Å². The van der Waals surface area contributed by atoms with Gasteiger partial charge >= 0.3 is 0 Å². The minimum Gasteiger partial charge on any atom is -0.440 e. The summed E-state index contributed by atoms with van der Waals surface area (Å²) in [5.74, 6) is 0.738. The average molecular weight is 280 g/mol. The molecule has 0 amide bonds. The molecule has 0 radical (unpaired) electrons. The highest BCUT2D eigenvalue weighted by molar-refractivity contribution is 8.11. The summed E-state index contributed by atoms with van der Waals surface area (Å²) < 4.78 is 6.23. The van der Waals surface area contributed by atoms with Gasteiger partial charge in [-0.15, -0.1) is 12.6 Å². The van der Waals surface area contributed by atoms with Gasteiger partial charge in [-0.1, -0.05) is 33.0 Å². The van der Waals surface area contributed by atoms with Crippen molar-refractivity contribution in [1.82, 2.24) is 4.98 Å². The molecule has 1 N–H and O–H groups in total. The second kappa shape index (κ2) is 4.55. The zero-order valence-corrected chi connectivity index (χ0v) is 12.6. The molecule has 0 saturated carbocycles. The fraction of sp³-hybridized carbons (Fsp3) is 0.385. The van der Waals surface area contributed by atoms with E-state index in [1.807, 2.05) is 19.1 Å². The van der Waals surface area contributed by atoms with Crippen LogP contribution in [-0.4, -0.2) is 9.30 Å². The molecule has 5 heteroatoms. The minimum absolute atomic E-state index is 0.0979. The van der Waals surface area contributed by atoms with Gasteiger partial charge in [0.15, 0.2) is 5.58 Å². The number of nitrogens with one attached hydrogen (secondary N) is 1. The van der Waals surface area contributed by atoms with E-state index in [0.29, 0.717) is 4.32 Å². The molecule has 0 spiro atoms. The summed E-state index contributed by atoms with van der Waals surface area (Å²) in [6.45, 7) is 8.23. The Hall–Kier alpha value is -1.07. The van der Waals surface area contributed by atoms with Crippen LogP contribution in [0.1, 0.15) is 32.2 Å². The molecule has 3 nitrogen and oxygen atoms in total. The molecule has 2 rings (SSSR count). The quantitative estimate of drug-likeness (QED) is 0.610. The van der Waals surface area contributed by atoms with Gasteiger partial charge in [0.2, 0.25) is 5.89 Å². The summed E-state index contributed by atoms with van der Waals surface area (Å²) in [4.78, 5) is 4.52. The van der Waals surface area contributed by atoms with Crippen molar-refractivity contribution in [2.75, 3.05) is 5.32 Å². The van der Waals surface area contributed by atoms with Crippen LogP contribution < -0.4 is 5.32 Å². The Labute approximate surface area is 117 Å². The first-order valence-corrected chi connectivity index (χ1v) is 6.54. The maximum atomic E-state index is 5.79. The summed E-state index contributed by atoms with van der Waals surface area (Å²) in [6, 6.07) is 3.90. The number of hydrogen-bond donors (Lipinski definition) is 2. The molecule has 1 heterocycles. The fourth-order valence-electron chi connectivity index (χ4n) is 1.65. The molecule has 0 aliphatic rings. The van der Waals surface area contributed by atoms with Gasteiger partial charge in [0.25, 0.3) is 0 Å². The monoisotopic (exact) mass is 280 g/mol. The first-order chi connectivity index (χ1) is 8.27. The number of rotatable bonds is 1. The Morgan fingerprint density at radius 2 is 2.06 bits per heavy atom. The molecule has 0 aliphatic carbocycles. The van der Waals surface area contributed by atoms with Crippen LogP contribution >= 0.6 is 24.8 Å². The van der Waals surface area contributed by atoms with Gasteiger partial charge in [0.1, 0.15) is 9.84 Å². The standard InChI is InChI=1S/C13H16N2OS2/c1-7-5-9-10(6-8(7)15-12(17)18)16-11(14-9)13(2,3)4/h5-6H,1-4H3,(H2,15,17,18). The number of thiol groups is 1. The maximum Gasteiger partial charge on any atom is 0.200 e. The molecule has 0 atom stereocenters. The SMILES string of the molecule is Cc1cc2nc(C(C)(C)C)oc2cc1NC(=S)S. The second-order valence-electron chi connectivity index (χ2n) is 5.33. The highest BCUT2D eigenvalue weighted by atomic mass is 32.1. The zero-order chi connectivity index (χ0) is 13.5. The largest absolute Gasteiger partial charge is 0.440 e. The number of aromatic nitrogens is 1. The number of hydrogen-bond acceptors (Lipinski definition) is 3. The molecule has 0 saturated heterocycles. The third kappa shape index (κ3) is 2.67. The molecule has 96 valence electrons. The Kier molecular flexibility index (Phi) is 3.38. The Morgan fingerprint density at radius 3 is 2.61 bits per heavy atom. The summed E-state index contributed by atoms with van der Waals surface area (Å²) in [6.07, 6.45) is 0. The maximum absolute atomic E-state index is 5.79. The molecule has 18 heavy (non-hydrogen) atoms. The Balaban J connectivity index is 2.54. The lowest BCUT2D eigenvalue weighted by molar-refractivity contribution is 0.411. The number of nitrogens with zero attached hydrogens (tertiary/aromatic N) is 1. The van der Waals surface area contributed by atoms with Crippen LogP contribution in [0.15, 0.2) is 16.5 Å². The second-order valence-corrected chi connectivity index (χ2v) is 6.49. The van der Waals surface area contributed by atoms with Crippen molar-refractivity contribution in [2.24, 2.45) is 0 Å². The normalized spacial score (nSPS) is 11.8. The van der Waals surface area contributed by atoms with Gasteiger partial charge in [-0.05, 0) is 18.6 Å². The zero-order valence-electron chi connectivity index (χ0n) is 10.9. The van der Waals surface area contributed by atoms with E-state index in [1.54, 1.807) is 0 Å². The van der Waals surface area contributed by atoms with Gasteiger partial charge < -0.3 is 9.73 Å². The number of benzene rings is 1. The van der Waals surface area contributed by atoms with Crippen molar-refractivity contribution in [2.45, 2.75) is 33.1 Å². The average Bonchev–Trinajstić information content (AvgIpc) is 2.59. The molecule has 1 aromatic heterocycles. The smallest absolute Gasteiger partial charge is 0.200 e. The molecular formula is C13H16N2OS2. The third-order valence-corrected chi connectivity index (χ3v) is 2.83. The van der Waals surface area contributed by atoms with Crippen molar-refractivity contribution in [3.63, 3.8) is 0 Å². The highest BCUT2D eigenvalue weighted by Crippen LogP contribution is 2.29. The fourth-order valence-corrected chi connectivity index (χ4v) is 1.88. The van der Waals surface area contributed by atoms with Gasteiger partial charge in [0, 0.05) is 17.2 Å². The van der Waals surface area contributed by atoms with Crippen molar-refractivity contribution >= 4 is 46.0 Å². The summed E-state index contributed by atoms with van der Waals surface area (Å²) in [5, 5.41) is 3.02. The van der Waals surface area contributed by atoms with Crippen molar-refractivity contribution in [1.29, 1.82) is 0 Å². The van der Waals surface area contributed by atoms with Gasteiger partial charge in [0.05, 0.1) is 0 Å². The number of thiocarbonyl (C=S) groups is 1. The van der Waals surface area contributed by atoms with Gasteiger partial charge in [-0.2, -0.15) is 0 Å². The number of oxazole rings is 1. The first kappa shape index (κ1) is 13.4. The Morgan fingerprint density at radius 1 is 1.39 bits per heavy atom. The van der Waals surface area contributed by atoms with Crippen molar-refractivity contribution in [3.8, 4) is 0 Å². The molecule has 0 aliphatic heterocycles. The predicted molar refractivity (Wildman–Crippen MR) is 82.7 cm³/mol. The lowest BCUT2D eigenvalue weighted by atomic mass is 9.97. The molecular weight excluding hydrogens is 264 g/mol. The van der Waals surface area contributed by atoms with E-state index in [1.165, 1.54) is 0 Å². The van der Waals surface area contributed by atoms with Crippen LogP contribution in [0.4, 0.5) is 5.69 Å². The van der Waals surface area contributed by atoms with Gasteiger partial charge in [-0.25, -0.2) is 4.98 Å². The molecule has 2 aromatic rings. The van der Waals surface area contributed by atoms with Crippen LogP contribution in [0.5, 0.6) is 0 Å².